The van der Waals surface area contributed by atoms with Crippen molar-refractivity contribution in [2.45, 2.75) is 13.0 Å². The predicted molar refractivity (Wildman–Crippen MR) is 89.4 cm³/mol. The highest BCUT2D eigenvalue weighted by Crippen LogP contribution is 2.26. The number of para-hydroxylation sites is 1. The van der Waals surface area contributed by atoms with Crippen LogP contribution in [0, 0.1) is 0 Å². The van der Waals surface area contributed by atoms with Crippen molar-refractivity contribution in [1.29, 1.82) is 0 Å². The molecular formula is C16H16Cl2N2O. The minimum atomic E-state index is -0.345. The highest BCUT2D eigenvalue weighted by Gasteiger charge is 2.19. The molecule has 0 radical (unpaired) electrons. The monoisotopic (exact) mass is 322 g/mol. The van der Waals surface area contributed by atoms with Crippen molar-refractivity contribution in [2.24, 2.45) is 0 Å². The van der Waals surface area contributed by atoms with Crippen molar-refractivity contribution in [2.75, 3.05) is 17.3 Å². The first-order valence-corrected chi connectivity index (χ1v) is 7.28. The highest BCUT2D eigenvalue weighted by atomic mass is 35.5. The third-order valence-electron chi connectivity index (χ3n) is 3.31. The molecule has 1 amide bonds. The Kier molecular flexibility index (Phi) is 5.10. The van der Waals surface area contributed by atoms with Crippen LogP contribution in [-0.2, 0) is 4.79 Å². The van der Waals surface area contributed by atoms with Gasteiger partial charge in [-0.25, -0.2) is 0 Å². The van der Waals surface area contributed by atoms with Crippen LogP contribution in [0.1, 0.15) is 6.92 Å². The number of nitrogens with one attached hydrogen (secondary N) is 1. The number of hydrogen-bond acceptors (Lipinski definition) is 2. The number of amides is 1. The maximum atomic E-state index is 12.3. The van der Waals surface area contributed by atoms with E-state index >= 15 is 0 Å². The van der Waals surface area contributed by atoms with Crippen LogP contribution in [0.5, 0.6) is 0 Å². The molecule has 21 heavy (non-hydrogen) atoms. The Morgan fingerprint density at radius 3 is 2.48 bits per heavy atom. The molecule has 110 valence electrons. The molecule has 1 atom stereocenters. The van der Waals surface area contributed by atoms with Gasteiger partial charge in [0.05, 0.1) is 10.7 Å². The summed E-state index contributed by atoms with van der Waals surface area (Å²) in [5.74, 6) is -0.148. The number of hydrogen-bond donors (Lipinski definition) is 1. The van der Waals surface area contributed by atoms with E-state index in [1.165, 1.54) is 0 Å². The number of carbonyl (C=O) groups excluding carboxylic acids is 1. The Morgan fingerprint density at radius 1 is 1.14 bits per heavy atom. The van der Waals surface area contributed by atoms with Gasteiger partial charge in [0.25, 0.3) is 0 Å². The molecule has 0 aliphatic rings. The van der Waals surface area contributed by atoms with E-state index in [1.54, 1.807) is 18.2 Å². The second-order valence-electron chi connectivity index (χ2n) is 4.74. The zero-order chi connectivity index (χ0) is 15.4. The normalized spacial score (nSPS) is 11.8. The van der Waals surface area contributed by atoms with Crippen molar-refractivity contribution in [3.63, 3.8) is 0 Å². The van der Waals surface area contributed by atoms with Crippen LogP contribution in [0.25, 0.3) is 0 Å². The van der Waals surface area contributed by atoms with Gasteiger partial charge >= 0.3 is 0 Å². The van der Waals surface area contributed by atoms with E-state index in [-0.39, 0.29) is 11.9 Å². The smallest absolute Gasteiger partial charge is 0.246 e. The molecule has 2 aromatic carbocycles. The standard InChI is InChI=1S/C16H16Cl2N2O/c1-11(20(2)13-6-4-3-5-7-13)16(21)19-15-10-12(17)8-9-14(15)18/h3-11H,1-2H3,(H,19,21). The van der Waals surface area contributed by atoms with Crippen molar-refractivity contribution in [3.05, 3.63) is 58.6 Å². The second-order valence-corrected chi connectivity index (χ2v) is 5.58. The summed E-state index contributed by atoms with van der Waals surface area (Å²) in [6.45, 7) is 1.83. The molecule has 0 heterocycles. The van der Waals surface area contributed by atoms with Gasteiger partial charge in [-0.1, -0.05) is 41.4 Å². The van der Waals surface area contributed by atoms with Crippen LogP contribution in [0.4, 0.5) is 11.4 Å². The largest absolute Gasteiger partial charge is 0.363 e. The van der Waals surface area contributed by atoms with E-state index in [9.17, 15) is 4.79 Å². The first kappa shape index (κ1) is 15.7. The summed E-state index contributed by atoms with van der Waals surface area (Å²) in [4.78, 5) is 14.2. The zero-order valence-electron chi connectivity index (χ0n) is 11.8. The molecule has 0 spiro atoms. The fourth-order valence-electron chi connectivity index (χ4n) is 1.89. The second kappa shape index (κ2) is 6.83. The summed E-state index contributed by atoms with van der Waals surface area (Å²) in [6, 6.07) is 14.3. The molecule has 0 fully saturated rings. The molecule has 1 unspecified atom stereocenters. The fraction of sp³-hybridized carbons (Fsp3) is 0.188. The first-order valence-electron chi connectivity index (χ1n) is 6.53. The van der Waals surface area contributed by atoms with Crippen LogP contribution in [0.15, 0.2) is 48.5 Å². The van der Waals surface area contributed by atoms with E-state index in [1.807, 2.05) is 49.2 Å². The maximum Gasteiger partial charge on any atom is 0.246 e. The van der Waals surface area contributed by atoms with Crippen LogP contribution in [-0.4, -0.2) is 19.0 Å². The lowest BCUT2D eigenvalue weighted by Gasteiger charge is -2.26. The molecule has 0 bridgehead atoms. The van der Waals surface area contributed by atoms with Crippen molar-refractivity contribution < 1.29 is 4.79 Å². The third kappa shape index (κ3) is 3.90. The Morgan fingerprint density at radius 2 is 1.81 bits per heavy atom. The number of halogens is 2. The van der Waals surface area contributed by atoms with Gasteiger partial charge in [0.15, 0.2) is 0 Å². The minimum absolute atomic E-state index is 0.148. The van der Waals surface area contributed by atoms with Gasteiger partial charge < -0.3 is 10.2 Å². The summed E-state index contributed by atoms with van der Waals surface area (Å²) in [5.41, 5.74) is 1.49. The van der Waals surface area contributed by atoms with Crippen molar-refractivity contribution >= 4 is 40.5 Å². The summed E-state index contributed by atoms with van der Waals surface area (Å²) < 4.78 is 0. The Bertz CT molecular complexity index is 631. The van der Waals surface area contributed by atoms with Gasteiger partial charge in [-0.3, -0.25) is 4.79 Å². The number of carbonyl (C=O) groups is 1. The molecule has 0 aromatic heterocycles. The van der Waals surface area contributed by atoms with Crippen LogP contribution >= 0.6 is 23.2 Å². The SMILES string of the molecule is CC(C(=O)Nc1cc(Cl)ccc1Cl)N(C)c1ccccc1. The number of benzene rings is 2. The molecule has 2 rings (SSSR count). The Labute approximate surface area is 134 Å². The van der Waals surface area contributed by atoms with E-state index < -0.39 is 0 Å². The summed E-state index contributed by atoms with van der Waals surface area (Å²) in [5, 5.41) is 3.79. The number of rotatable bonds is 4. The summed E-state index contributed by atoms with van der Waals surface area (Å²) in [7, 11) is 1.87. The lowest BCUT2D eigenvalue weighted by atomic mass is 10.2. The van der Waals surface area contributed by atoms with Crippen molar-refractivity contribution in [3.8, 4) is 0 Å². The molecule has 0 aliphatic carbocycles. The zero-order valence-corrected chi connectivity index (χ0v) is 13.3. The summed E-state index contributed by atoms with van der Waals surface area (Å²) >= 11 is 12.0. The van der Waals surface area contributed by atoms with Gasteiger partial charge in [-0.2, -0.15) is 0 Å². The van der Waals surface area contributed by atoms with Crippen molar-refractivity contribution in [1.82, 2.24) is 0 Å². The fourth-order valence-corrected chi connectivity index (χ4v) is 2.23. The van der Waals surface area contributed by atoms with Crippen LogP contribution < -0.4 is 10.2 Å². The quantitative estimate of drug-likeness (QED) is 0.901. The molecule has 0 saturated heterocycles. The maximum absolute atomic E-state index is 12.3. The molecular weight excluding hydrogens is 307 g/mol. The highest BCUT2D eigenvalue weighted by molar-refractivity contribution is 6.35. The third-order valence-corrected chi connectivity index (χ3v) is 3.87. The lowest BCUT2D eigenvalue weighted by Crippen LogP contribution is -2.39. The minimum Gasteiger partial charge on any atom is -0.363 e. The van der Waals surface area contributed by atoms with Crippen LogP contribution in [0.2, 0.25) is 10.0 Å². The molecule has 3 nitrogen and oxygen atoms in total. The van der Waals surface area contributed by atoms with E-state index in [2.05, 4.69) is 5.32 Å². The molecule has 1 N–H and O–H groups in total. The van der Waals surface area contributed by atoms with Gasteiger partial charge in [-0.05, 0) is 37.3 Å². The lowest BCUT2D eigenvalue weighted by molar-refractivity contribution is -0.117. The first-order chi connectivity index (χ1) is 9.99. The number of likely N-dealkylation sites (N-methyl/N-ethyl adjacent to an activating group) is 1. The molecule has 0 aliphatic heterocycles. The summed E-state index contributed by atoms with van der Waals surface area (Å²) in [6.07, 6.45) is 0. The topological polar surface area (TPSA) is 32.3 Å². The number of nitrogens with zero attached hydrogens (tertiary/aromatic N) is 1. The average Bonchev–Trinajstić information content (AvgIpc) is 2.50. The van der Waals surface area contributed by atoms with E-state index in [0.29, 0.717) is 15.7 Å². The van der Waals surface area contributed by atoms with E-state index in [0.717, 1.165) is 5.69 Å². The number of anilines is 2. The Hall–Kier alpha value is -1.71. The Balaban J connectivity index is 2.11. The van der Waals surface area contributed by atoms with Gasteiger partial charge in [0.1, 0.15) is 6.04 Å². The van der Waals surface area contributed by atoms with Crippen LogP contribution in [0.3, 0.4) is 0 Å². The molecule has 5 heteroatoms. The van der Waals surface area contributed by atoms with Gasteiger partial charge in [-0.15, -0.1) is 0 Å². The molecule has 2 aromatic rings. The predicted octanol–water partition coefficient (Wildman–Crippen LogP) is 4.46. The van der Waals surface area contributed by atoms with Gasteiger partial charge in [0, 0.05) is 17.8 Å². The van der Waals surface area contributed by atoms with Gasteiger partial charge in [0.2, 0.25) is 5.91 Å². The molecule has 0 saturated carbocycles. The van der Waals surface area contributed by atoms with E-state index in [4.69, 9.17) is 23.2 Å². The average molecular weight is 323 g/mol.